The first kappa shape index (κ1) is 15.0. The Labute approximate surface area is 122 Å². The Hall–Kier alpha value is -1.35. The third kappa shape index (κ3) is 3.83. The largest absolute Gasteiger partial charge is 0.337 e. The number of carbonyl (C=O) groups excluding carboxylic acids is 1. The fraction of sp³-hybridized carbons (Fsp3) is 0.588. The van der Waals surface area contributed by atoms with E-state index in [4.69, 9.17) is 0 Å². The Balaban J connectivity index is 1.91. The Kier molecular flexibility index (Phi) is 5.60. The van der Waals surface area contributed by atoms with Crippen molar-refractivity contribution in [3.05, 3.63) is 35.9 Å². The van der Waals surface area contributed by atoms with Gasteiger partial charge in [-0.3, -0.25) is 4.79 Å². The number of amides is 1. The van der Waals surface area contributed by atoms with Crippen LogP contribution in [0.1, 0.15) is 38.7 Å². The van der Waals surface area contributed by atoms with E-state index >= 15 is 0 Å². The molecule has 2 rings (SSSR count). The molecule has 1 aliphatic rings. The molecule has 1 N–H and O–H groups in total. The highest BCUT2D eigenvalue weighted by Crippen LogP contribution is 2.15. The summed E-state index contributed by atoms with van der Waals surface area (Å²) in [6, 6.07) is 11.1. The first-order valence-electron chi connectivity index (χ1n) is 7.81. The molecule has 2 unspecified atom stereocenters. The average molecular weight is 274 g/mol. The van der Waals surface area contributed by atoms with Crippen molar-refractivity contribution in [2.75, 3.05) is 13.1 Å². The Morgan fingerprint density at radius 1 is 1.25 bits per heavy atom. The van der Waals surface area contributed by atoms with Crippen LogP contribution in [-0.4, -0.2) is 36.0 Å². The van der Waals surface area contributed by atoms with Gasteiger partial charge in [0.2, 0.25) is 5.91 Å². The van der Waals surface area contributed by atoms with Gasteiger partial charge in [0.25, 0.3) is 0 Å². The van der Waals surface area contributed by atoms with Gasteiger partial charge in [0.15, 0.2) is 0 Å². The van der Waals surface area contributed by atoms with Crippen LogP contribution in [0.25, 0.3) is 0 Å². The molecule has 0 spiro atoms. The summed E-state index contributed by atoms with van der Waals surface area (Å²) >= 11 is 0. The number of piperazine rings is 1. The summed E-state index contributed by atoms with van der Waals surface area (Å²) in [7, 11) is 0. The highest BCUT2D eigenvalue weighted by atomic mass is 16.2. The predicted molar refractivity (Wildman–Crippen MR) is 82.6 cm³/mol. The summed E-state index contributed by atoms with van der Waals surface area (Å²) < 4.78 is 0. The van der Waals surface area contributed by atoms with Gasteiger partial charge in [0, 0.05) is 31.6 Å². The van der Waals surface area contributed by atoms with Crippen molar-refractivity contribution in [1.82, 2.24) is 10.2 Å². The highest BCUT2D eigenvalue weighted by molar-refractivity contribution is 5.77. The van der Waals surface area contributed by atoms with Gasteiger partial charge in [-0.25, -0.2) is 0 Å². The number of hydrogen-bond donors (Lipinski definition) is 1. The standard InChI is InChI=1S/C17H26N2O/c1-3-15-13-19(16(4-2)12-18-15)17(20)11-10-14-8-6-5-7-9-14/h5-9,15-16,18H,3-4,10-13H2,1-2H3. The van der Waals surface area contributed by atoms with Crippen LogP contribution in [-0.2, 0) is 11.2 Å². The van der Waals surface area contributed by atoms with Crippen molar-refractivity contribution >= 4 is 5.91 Å². The molecule has 1 aromatic carbocycles. The summed E-state index contributed by atoms with van der Waals surface area (Å²) in [5, 5.41) is 3.53. The summed E-state index contributed by atoms with van der Waals surface area (Å²) in [4.78, 5) is 14.6. The minimum Gasteiger partial charge on any atom is -0.337 e. The van der Waals surface area contributed by atoms with Crippen LogP contribution in [0.5, 0.6) is 0 Å². The van der Waals surface area contributed by atoms with Gasteiger partial charge in [0.1, 0.15) is 0 Å². The number of nitrogens with zero attached hydrogens (tertiary/aromatic N) is 1. The average Bonchev–Trinajstić information content (AvgIpc) is 2.52. The van der Waals surface area contributed by atoms with Crippen LogP contribution in [0.4, 0.5) is 0 Å². The summed E-state index contributed by atoms with van der Waals surface area (Å²) in [5.41, 5.74) is 1.25. The van der Waals surface area contributed by atoms with Gasteiger partial charge in [-0.05, 0) is 24.8 Å². The normalized spacial score (nSPS) is 22.8. The van der Waals surface area contributed by atoms with Gasteiger partial charge < -0.3 is 10.2 Å². The second-order valence-corrected chi connectivity index (χ2v) is 5.61. The van der Waals surface area contributed by atoms with Crippen molar-refractivity contribution in [3.63, 3.8) is 0 Å². The maximum absolute atomic E-state index is 12.5. The topological polar surface area (TPSA) is 32.3 Å². The number of hydrogen-bond acceptors (Lipinski definition) is 2. The lowest BCUT2D eigenvalue weighted by atomic mass is 10.0. The molecular formula is C17H26N2O. The zero-order chi connectivity index (χ0) is 14.4. The Bertz CT molecular complexity index is 418. The smallest absolute Gasteiger partial charge is 0.223 e. The molecule has 1 aromatic rings. The molecule has 2 atom stereocenters. The summed E-state index contributed by atoms with van der Waals surface area (Å²) in [6.07, 6.45) is 3.58. The molecule has 3 heteroatoms. The van der Waals surface area contributed by atoms with Gasteiger partial charge >= 0.3 is 0 Å². The SMILES string of the molecule is CCC1CN(C(=O)CCc2ccccc2)C(CC)CN1. The van der Waals surface area contributed by atoms with Gasteiger partial charge in [-0.15, -0.1) is 0 Å². The van der Waals surface area contributed by atoms with E-state index in [-0.39, 0.29) is 0 Å². The van der Waals surface area contributed by atoms with E-state index in [1.165, 1.54) is 5.56 Å². The number of aryl methyl sites for hydroxylation is 1. The van der Waals surface area contributed by atoms with Crippen LogP contribution >= 0.6 is 0 Å². The third-order valence-corrected chi connectivity index (χ3v) is 4.25. The predicted octanol–water partition coefficient (Wildman–Crippen LogP) is 2.61. The molecule has 1 aliphatic heterocycles. The van der Waals surface area contributed by atoms with Gasteiger partial charge in [-0.1, -0.05) is 44.2 Å². The first-order chi connectivity index (χ1) is 9.74. The molecule has 0 saturated carbocycles. The van der Waals surface area contributed by atoms with E-state index in [0.29, 0.717) is 24.4 Å². The highest BCUT2D eigenvalue weighted by Gasteiger charge is 2.28. The summed E-state index contributed by atoms with van der Waals surface area (Å²) in [5.74, 6) is 0.306. The monoisotopic (exact) mass is 274 g/mol. The van der Waals surface area contributed by atoms with E-state index in [1.807, 2.05) is 18.2 Å². The third-order valence-electron chi connectivity index (χ3n) is 4.25. The number of benzene rings is 1. The second-order valence-electron chi connectivity index (χ2n) is 5.61. The van der Waals surface area contributed by atoms with Crippen LogP contribution in [0.3, 0.4) is 0 Å². The lowest BCUT2D eigenvalue weighted by molar-refractivity contribution is -0.135. The zero-order valence-electron chi connectivity index (χ0n) is 12.6. The lowest BCUT2D eigenvalue weighted by Gasteiger charge is -2.40. The molecule has 110 valence electrons. The van der Waals surface area contributed by atoms with E-state index in [2.05, 4.69) is 36.2 Å². The van der Waals surface area contributed by atoms with E-state index < -0.39 is 0 Å². The molecule has 0 radical (unpaired) electrons. The quantitative estimate of drug-likeness (QED) is 0.895. The van der Waals surface area contributed by atoms with Crippen LogP contribution in [0, 0.1) is 0 Å². The van der Waals surface area contributed by atoms with Crippen molar-refractivity contribution in [1.29, 1.82) is 0 Å². The molecular weight excluding hydrogens is 248 g/mol. The van der Waals surface area contributed by atoms with E-state index in [9.17, 15) is 4.79 Å². The molecule has 20 heavy (non-hydrogen) atoms. The maximum Gasteiger partial charge on any atom is 0.223 e. The van der Waals surface area contributed by atoms with Gasteiger partial charge in [-0.2, -0.15) is 0 Å². The zero-order valence-corrected chi connectivity index (χ0v) is 12.6. The molecule has 1 fully saturated rings. The molecule has 0 bridgehead atoms. The Morgan fingerprint density at radius 2 is 2.00 bits per heavy atom. The van der Waals surface area contributed by atoms with Crippen molar-refractivity contribution < 1.29 is 4.79 Å². The first-order valence-corrected chi connectivity index (χ1v) is 7.81. The molecule has 0 aromatic heterocycles. The van der Waals surface area contributed by atoms with Gasteiger partial charge in [0.05, 0.1) is 0 Å². The maximum atomic E-state index is 12.5. The van der Waals surface area contributed by atoms with Crippen LogP contribution in [0.15, 0.2) is 30.3 Å². The van der Waals surface area contributed by atoms with Crippen molar-refractivity contribution in [2.24, 2.45) is 0 Å². The molecule has 1 saturated heterocycles. The number of carbonyl (C=O) groups is 1. The molecule has 1 heterocycles. The van der Waals surface area contributed by atoms with E-state index in [1.54, 1.807) is 0 Å². The van der Waals surface area contributed by atoms with Crippen LogP contribution in [0.2, 0.25) is 0 Å². The van der Waals surface area contributed by atoms with Crippen molar-refractivity contribution in [2.45, 2.75) is 51.6 Å². The molecule has 0 aliphatic carbocycles. The minimum atomic E-state index is 0.306. The number of nitrogens with one attached hydrogen (secondary N) is 1. The minimum absolute atomic E-state index is 0.306. The van der Waals surface area contributed by atoms with E-state index in [0.717, 1.165) is 32.4 Å². The summed E-state index contributed by atoms with van der Waals surface area (Å²) in [6.45, 7) is 6.14. The fourth-order valence-electron chi connectivity index (χ4n) is 2.85. The fourth-order valence-corrected chi connectivity index (χ4v) is 2.85. The second kappa shape index (κ2) is 7.44. The lowest BCUT2D eigenvalue weighted by Crippen LogP contribution is -2.57. The Morgan fingerprint density at radius 3 is 2.65 bits per heavy atom. The molecule has 3 nitrogen and oxygen atoms in total. The van der Waals surface area contributed by atoms with Crippen molar-refractivity contribution in [3.8, 4) is 0 Å². The van der Waals surface area contributed by atoms with Crippen LogP contribution < -0.4 is 5.32 Å². The molecule has 1 amide bonds. The number of rotatable bonds is 5.